The van der Waals surface area contributed by atoms with Crippen molar-refractivity contribution < 1.29 is 14.3 Å². The lowest BCUT2D eigenvalue weighted by atomic mass is 9.90. The van der Waals surface area contributed by atoms with Crippen molar-refractivity contribution >= 4 is 5.78 Å². The molecule has 18 heavy (non-hydrogen) atoms. The molecule has 3 heteroatoms. The SMILES string of the molecule is CO[C@@]1(C(C)=O)C=CC(Oc2ccccc2)=CC1. The second kappa shape index (κ2) is 5.19. The first-order chi connectivity index (χ1) is 8.66. The summed E-state index contributed by atoms with van der Waals surface area (Å²) in [5.41, 5.74) is -0.830. The summed E-state index contributed by atoms with van der Waals surface area (Å²) < 4.78 is 11.0. The number of hydrogen-bond donors (Lipinski definition) is 0. The van der Waals surface area contributed by atoms with Gasteiger partial charge < -0.3 is 9.47 Å². The lowest BCUT2D eigenvalue weighted by molar-refractivity contribution is -0.133. The Morgan fingerprint density at radius 2 is 2.00 bits per heavy atom. The second-order valence-electron chi connectivity index (χ2n) is 4.21. The third kappa shape index (κ3) is 2.51. The van der Waals surface area contributed by atoms with E-state index in [1.165, 1.54) is 6.92 Å². The highest BCUT2D eigenvalue weighted by atomic mass is 16.5. The van der Waals surface area contributed by atoms with Gasteiger partial charge in [-0.2, -0.15) is 0 Å². The number of rotatable bonds is 4. The quantitative estimate of drug-likeness (QED) is 0.817. The molecule has 0 aliphatic heterocycles. The number of carbonyl (C=O) groups is 1. The Balaban J connectivity index is 2.08. The number of allylic oxidation sites excluding steroid dienone is 1. The maximum atomic E-state index is 11.6. The largest absolute Gasteiger partial charge is 0.458 e. The third-order valence-corrected chi connectivity index (χ3v) is 3.06. The number of methoxy groups -OCH3 is 1. The highest BCUT2D eigenvalue weighted by Gasteiger charge is 2.33. The zero-order chi connectivity index (χ0) is 13.0. The maximum absolute atomic E-state index is 11.6. The molecule has 2 rings (SSSR count). The van der Waals surface area contributed by atoms with E-state index in [0.717, 1.165) is 11.5 Å². The Hall–Kier alpha value is -1.87. The van der Waals surface area contributed by atoms with E-state index in [1.54, 1.807) is 19.3 Å². The van der Waals surface area contributed by atoms with Crippen molar-refractivity contribution in [1.29, 1.82) is 0 Å². The van der Waals surface area contributed by atoms with Crippen molar-refractivity contribution in [3.8, 4) is 5.75 Å². The van der Waals surface area contributed by atoms with Gasteiger partial charge in [0.1, 0.15) is 17.1 Å². The summed E-state index contributed by atoms with van der Waals surface area (Å²) in [4.78, 5) is 11.6. The first-order valence-corrected chi connectivity index (χ1v) is 5.85. The lowest BCUT2D eigenvalue weighted by Gasteiger charge is -2.27. The van der Waals surface area contributed by atoms with E-state index in [4.69, 9.17) is 9.47 Å². The summed E-state index contributed by atoms with van der Waals surface area (Å²) >= 11 is 0. The Morgan fingerprint density at radius 3 is 2.50 bits per heavy atom. The molecule has 0 bridgehead atoms. The van der Waals surface area contributed by atoms with Crippen LogP contribution in [0.4, 0.5) is 0 Å². The highest BCUT2D eigenvalue weighted by molar-refractivity contribution is 5.87. The predicted octanol–water partition coefficient (Wildman–Crippen LogP) is 2.88. The van der Waals surface area contributed by atoms with Crippen molar-refractivity contribution in [3.05, 3.63) is 54.3 Å². The van der Waals surface area contributed by atoms with Gasteiger partial charge in [0, 0.05) is 13.5 Å². The Labute approximate surface area is 107 Å². The molecule has 1 aromatic carbocycles. The molecule has 0 radical (unpaired) electrons. The first kappa shape index (κ1) is 12.6. The Bertz CT molecular complexity index is 488. The summed E-state index contributed by atoms with van der Waals surface area (Å²) in [6.07, 6.45) is 5.91. The molecular weight excluding hydrogens is 228 g/mol. The minimum atomic E-state index is -0.830. The first-order valence-electron chi connectivity index (χ1n) is 5.85. The minimum Gasteiger partial charge on any atom is -0.458 e. The number of hydrogen-bond acceptors (Lipinski definition) is 3. The van der Waals surface area contributed by atoms with Gasteiger partial charge in [-0.1, -0.05) is 18.2 Å². The normalized spacial score (nSPS) is 22.4. The van der Waals surface area contributed by atoms with Crippen LogP contribution < -0.4 is 4.74 Å². The average molecular weight is 244 g/mol. The van der Waals surface area contributed by atoms with Crippen molar-refractivity contribution in [2.75, 3.05) is 7.11 Å². The molecule has 1 aromatic rings. The van der Waals surface area contributed by atoms with E-state index in [-0.39, 0.29) is 5.78 Å². The van der Waals surface area contributed by atoms with Crippen LogP contribution in [0.25, 0.3) is 0 Å². The fourth-order valence-corrected chi connectivity index (χ4v) is 1.86. The van der Waals surface area contributed by atoms with Crippen LogP contribution in [0.1, 0.15) is 13.3 Å². The van der Waals surface area contributed by atoms with E-state index in [0.29, 0.717) is 6.42 Å². The van der Waals surface area contributed by atoms with Crippen molar-refractivity contribution in [1.82, 2.24) is 0 Å². The van der Waals surface area contributed by atoms with Crippen LogP contribution >= 0.6 is 0 Å². The zero-order valence-corrected chi connectivity index (χ0v) is 10.6. The predicted molar refractivity (Wildman–Crippen MR) is 69.3 cm³/mol. The number of carbonyl (C=O) groups excluding carboxylic acids is 1. The Morgan fingerprint density at radius 1 is 1.28 bits per heavy atom. The number of Topliss-reactive ketones (excluding diaryl/α,β-unsaturated/α-hetero) is 1. The van der Waals surface area contributed by atoms with E-state index in [9.17, 15) is 4.79 Å². The smallest absolute Gasteiger partial charge is 0.165 e. The molecule has 1 aliphatic carbocycles. The standard InChI is InChI=1S/C15H16O3/c1-12(16)15(17-2)10-8-14(9-11-15)18-13-6-4-3-5-7-13/h3-10H,11H2,1-2H3/t15-/m0/s1. The number of ether oxygens (including phenoxy) is 2. The molecule has 1 aliphatic rings. The third-order valence-electron chi connectivity index (χ3n) is 3.06. The molecule has 0 aromatic heterocycles. The summed E-state index contributed by atoms with van der Waals surface area (Å²) in [6, 6.07) is 9.54. The second-order valence-corrected chi connectivity index (χ2v) is 4.21. The highest BCUT2D eigenvalue weighted by Crippen LogP contribution is 2.26. The number of benzene rings is 1. The van der Waals surface area contributed by atoms with Gasteiger partial charge >= 0.3 is 0 Å². The van der Waals surface area contributed by atoms with Crippen LogP contribution in [-0.4, -0.2) is 18.5 Å². The molecule has 3 nitrogen and oxygen atoms in total. The van der Waals surface area contributed by atoms with E-state index in [1.807, 2.05) is 36.4 Å². The van der Waals surface area contributed by atoms with Gasteiger partial charge in [0.05, 0.1) is 0 Å². The fourth-order valence-electron chi connectivity index (χ4n) is 1.86. The Kier molecular flexibility index (Phi) is 3.63. The van der Waals surface area contributed by atoms with Gasteiger partial charge in [-0.3, -0.25) is 4.79 Å². The molecule has 94 valence electrons. The zero-order valence-electron chi connectivity index (χ0n) is 10.6. The van der Waals surface area contributed by atoms with E-state index >= 15 is 0 Å². The minimum absolute atomic E-state index is 0.00346. The van der Waals surface area contributed by atoms with Gasteiger partial charge in [-0.05, 0) is 37.3 Å². The van der Waals surface area contributed by atoms with E-state index in [2.05, 4.69) is 0 Å². The monoisotopic (exact) mass is 244 g/mol. The molecule has 0 saturated carbocycles. The molecule has 1 atom stereocenters. The van der Waals surface area contributed by atoms with Crippen molar-refractivity contribution in [3.63, 3.8) is 0 Å². The van der Waals surface area contributed by atoms with Gasteiger partial charge in [0.25, 0.3) is 0 Å². The lowest BCUT2D eigenvalue weighted by Crippen LogP contribution is -2.37. The number of ketones is 1. The molecule has 0 N–H and O–H groups in total. The summed E-state index contributed by atoms with van der Waals surface area (Å²) in [5, 5.41) is 0. The molecule has 0 unspecified atom stereocenters. The maximum Gasteiger partial charge on any atom is 0.165 e. The van der Waals surface area contributed by atoms with Crippen molar-refractivity contribution in [2.45, 2.75) is 18.9 Å². The molecule has 0 saturated heterocycles. The molecular formula is C15H16O3. The molecule has 0 heterocycles. The van der Waals surface area contributed by atoms with E-state index < -0.39 is 5.60 Å². The van der Waals surface area contributed by atoms with Crippen LogP contribution in [0.15, 0.2) is 54.3 Å². The van der Waals surface area contributed by atoms with Crippen LogP contribution in [0.2, 0.25) is 0 Å². The molecule has 0 fully saturated rings. The average Bonchev–Trinajstić information content (AvgIpc) is 2.41. The molecule has 0 spiro atoms. The van der Waals surface area contributed by atoms with Crippen LogP contribution in [0, 0.1) is 0 Å². The van der Waals surface area contributed by atoms with Crippen molar-refractivity contribution in [2.24, 2.45) is 0 Å². The topological polar surface area (TPSA) is 35.5 Å². The van der Waals surface area contributed by atoms with Gasteiger partial charge in [-0.25, -0.2) is 0 Å². The van der Waals surface area contributed by atoms with Crippen LogP contribution in [0.3, 0.4) is 0 Å². The summed E-state index contributed by atoms with van der Waals surface area (Å²) in [5.74, 6) is 1.51. The number of para-hydroxylation sites is 1. The van der Waals surface area contributed by atoms with Gasteiger partial charge in [0.15, 0.2) is 5.78 Å². The molecule has 0 amide bonds. The van der Waals surface area contributed by atoms with Crippen LogP contribution in [-0.2, 0) is 9.53 Å². The van der Waals surface area contributed by atoms with Crippen LogP contribution in [0.5, 0.6) is 5.75 Å². The van der Waals surface area contributed by atoms with Gasteiger partial charge in [0.2, 0.25) is 0 Å². The van der Waals surface area contributed by atoms with Gasteiger partial charge in [-0.15, -0.1) is 0 Å². The summed E-state index contributed by atoms with van der Waals surface area (Å²) in [7, 11) is 1.54. The summed E-state index contributed by atoms with van der Waals surface area (Å²) in [6.45, 7) is 1.53. The fraction of sp³-hybridized carbons (Fsp3) is 0.267.